The minimum atomic E-state index is -4.01. The van der Waals surface area contributed by atoms with E-state index >= 15 is 0 Å². The van der Waals surface area contributed by atoms with Crippen LogP contribution in [0, 0.1) is 11.8 Å². The molecule has 0 bridgehead atoms. The first-order chi connectivity index (χ1) is 8.98. The summed E-state index contributed by atoms with van der Waals surface area (Å²) in [5, 5.41) is 8.73. The number of carboxylic acid groups (broad SMARTS) is 1. The summed E-state index contributed by atoms with van der Waals surface area (Å²) in [6, 6.07) is 7.46. The van der Waals surface area contributed by atoms with E-state index in [2.05, 4.69) is 11.8 Å². The molecule has 6 nitrogen and oxygen atoms in total. The van der Waals surface area contributed by atoms with Crippen molar-refractivity contribution in [1.29, 1.82) is 0 Å². The van der Waals surface area contributed by atoms with Gasteiger partial charge in [-0.2, -0.15) is 0 Å². The normalized spacial score (nSPS) is 10.8. The minimum absolute atomic E-state index is 0.0410. The van der Waals surface area contributed by atoms with Gasteiger partial charge in [-0.3, -0.25) is 9.63 Å². The van der Waals surface area contributed by atoms with Crippen LogP contribution in [0.25, 0.3) is 0 Å². The molecule has 0 aliphatic rings. The monoisotopic (exact) mass is 283 g/mol. The summed E-state index contributed by atoms with van der Waals surface area (Å²) in [5.74, 6) is 3.71. The molecule has 0 aliphatic carbocycles. The third-order valence-corrected chi connectivity index (χ3v) is 3.67. The number of hydrogen-bond acceptors (Lipinski definition) is 4. The van der Waals surface area contributed by atoms with Crippen molar-refractivity contribution in [2.75, 3.05) is 13.2 Å². The van der Waals surface area contributed by atoms with Crippen LogP contribution in [0.2, 0.25) is 0 Å². The number of carbonyl (C=O) groups is 1. The number of hydrogen-bond donors (Lipinski definition) is 1. The Balaban J connectivity index is 3.00. The number of hydroxylamine groups is 1. The molecule has 1 aromatic rings. The Kier molecular flexibility index (Phi) is 5.51. The van der Waals surface area contributed by atoms with Gasteiger partial charge in [0, 0.05) is 0 Å². The van der Waals surface area contributed by atoms with Crippen LogP contribution in [-0.2, 0) is 19.7 Å². The highest BCUT2D eigenvalue weighted by molar-refractivity contribution is 7.89. The lowest BCUT2D eigenvalue weighted by atomic mass is 10.4. The van der Waals surface area contributed by atoms with E-state index in [0.717, 1.165) is 0 Å². The number of nitrogens with zero attached hydrogens (tertiary/aromatic N) is 1. The first kappa shape index (κ1) is 15.2. The van der Waals surface area contributed by atoms with Crippen molar-refractivity contribution in [3.8, 4) is 11.8 Å². The van der Waals surface area contributed by atoms with Crippen LogP contribution in [0.5, 0.6) is 0 Å². The van der Waals surface area contributed by atoms with Crippen molar-refractivity contribution in [1.82, 2.24) is 4.47 Å². The first-order valence-electron chi connectivity index (χ1n) is 5.30. The second-order valence-electron chi connectivity index (χ2n) is 3.37. The zero-order chi connectivity index (χ0) is 14.3. The van der Waals surface area contributed by atoms with E-state index in [-0.39, 0.29) is 11.5 Å². The minimum Gasteiger partial charge on any atom is -0.480 e. The van der Waals surface area contributed by atoms with Crippen molar-refractivity contribution in [3.05, 3.63) is 30.3 Å². The van der Waals surface area contributed by atoms with Gasteiger partial charge in [0.05, 0.1) is 4.90 Å². The van der Waals surface area contributed by atoms with Gasteiger partial charge in [0.2, 0.25) is 0 Å². The van der Waals surface area contributed by atoms with Crippen molar-refractivity contribution in [2.45, 2.75) is 11.8 Å². The topological polar surface area (TPSA) is 83.9 Å². The van der Waals surface area contributed by atoms with Gasteiger partial charge in [0.25, 0.3) is 10.0 Å². The van der Waals surface area contributed by atoms with Crippen molar-refractivity contribution >= 4 is 16.0 Å². The maximum absolute atomic E-state index is 12.2. The lowest BCUT2D eigenvalue weighted by Crippen LogP contribution is -2.35. The molecule has 0 atom stereocenters. The predicted molar refractivity (Wildman–Crippen MR) is 67.4 cm³/mol. The van der Waals surface area contributed by atoms with Gasteiger partial charge in [0.1, 0.15) is 13.2 Å². The third kappa shape index (κ3) is 4.37. The molecule has 0 amide bonds. The standard InChI is InChI=1S/C12H13NO5S/c1-2-3-9-18-13(10-12(14)15)19(16,17)11-7-5-4-6-8-11/h4-8H,9-10H2,1H3,(H,14,15). The number of rotatable bonds is 6. The molecule has 0 saturated heterocycles. The molecule has 0 radical (unpaired) electrons. The van der Waals surface area contributed by atoms with E-state index in [0.29, 0.717) is 4.47 Å². The zero-order valence-electron chi connectivity index (χ0n) is 10.2. The van der Waals surface area contributed by atoms with Crippen LogP contribution in [-0.4, -0.2) is 37.1 Å². The lowest BCUT2D eigenvalue weighted by Gasteiger charge is -2.18. The summed E-state index contributed by atoms with van der Waals surface area (Å²) in [6.07, 6.45) is 0. The van der Waals surface area contributed by atoms with Crippen LogP contribution < -0.4 is 0 Å². The Morgan fingerprint density at radius 1 is 1.37 bits per heavy atom. The fraction of sp³-hybridized carbons (Fsp3) is 0.250. The Labute approximate surface area is 111 Å². The average molecular weight is 283 g/mol. The van der Waals surface area contributed by atoms with E-state index in [1.54, 1.807) is 13.0 Å². The molecule has 0 heterocycles. The van der Waals surface area contributed by atoms with Gasteiger partial charge in [-0.1, -0.05) is 28.6 Å². The highest BCUT2D eigenvalue weighted by Gasteiger charge is 2.27. The Hall–Kier alpha value is -1.88. The summed E-state index contributed by atoms with van der Waals surface area (Å²) in [7, 11) is -4.01. The van der Waals surface area contributed by atoms with Gasteiger partial charge < -0.3 is 5.11 Å². The van der Waals surface area contributed by atoms with Crippen molar-refractivity contribution in [3.63, 3.8) is 0 Å². The van der Waals surface area contributed by atoms with Gasteiger partial charge in [0.15, 0.2) is 0 Å². The maximum Gasteiger partial charge on any atom is 0.321 e. The average Bonchev–Trinajstić information content (AvgIpc) is 2.38. The second kappa shape index (κ2) is 6.89. The molecule has 7 heteroatoms. The zero-order valence-corrected chi connectivity index (χ0v) is 11.1. The molecule has 1 rings (SSSR count). The van der Waals surface area contributed by atoms with E-state index in [4.69, 9.17) is 9.94 Å². The molecule has 0 unspecified atom stereocenters. The number of carboxylic acids is 1. The molecule has 0 saturated carbocycles. The quantitative estimate of drug-likeness (QED) is 0.614. The number of sulfonamides is 1. The summed E-state index contributed by atoms with van der Waals surface area (Å²) in [5.41, 5.74) is 0. The summed E-state index contributed by atoms with van der Waals surface area (Å²) in [4.78, 5) is 15.6. The molecule has 19 heavy (non-hydrogen) atoms. The summed E-state index contributed by atoms with van der Waals surface area (Å²) < 4.78 is 24.7. The van der Waals surface area contributed by atoms with E-state index in [1.165, 1.54) is 24.3 Å². The van der Waals surface area contributed by atoms with Gasteiger partial charge in [-0.15, -0.1) is 5.92 Å². The molecule has 102 valence electrons. The molecular formula is C12H13NO5S. The fourth-order valence-electron chi connectivity index (χ4n) is 1.20. The molecule has 0 fully saturated rings. The largest absolute Gasteiger partial charge is 0.480 e. The van der Waals surface area contributed by atoms with Gasteiger partial charge >= 0.3 is 5.97 Å². The SMILES string of the molecule is CC#CCON(CC(=O)O)S(=O)(=O)c1ccccc1. The van der Waals surface area contributed by atoms with E-state index in [9.17, 15) is 13.2 Å². The second-order valence-corrected chi connectivity index (χ2v) is 5.20. The maximum atomic E-state index is 12.2. The van der Waals surface area contributed by atoms with Crippen molar-refractivity contribution < 1.29 is 23.2 Å². The third-order valence-electron chi connectivity index (χ3n) is 2.03. The fourth-order valence-corrected chi connectivity index (χ4v) is 2.41. The van der Waals surface area contributed by atoms with Crippen LogP contribution in [0.4, 0.5) is 0 Å². The molecule has 0 aliphatic heterocycles. The molecule has 1 aromatic carbocycles. The van der Waals surface area contributed by atoms with Crippen LogP contribution in [0.15, 0.2) is 35.2 Å². The number of benzene rings is 1. The first-order valence-corrected chi connectivity index (χ1v) is 6.74. The van der Waals surface area contributed by atoms with E-state index in [1.807, 2.05) is 0 Å². The predicted octanol–water partition coefficient (Wildman–Crippen LogP) is 0.717. The molecule has 1 N–H and O–H groups in total. The van der Waals surface area contributed by atoms with Crippen LogP contribution in [0.3, 0.4) is 0 Å². The Morgan fingerprint density at radius 3 is 2.53 bits per heavy atom. The highest BCUT2D eigenvalue weighted by atomic mass is 32.2. The summed E-state index contributed by atoms with van der Waals surface area (Å²) >= 11 is 0. The molecular weight excluding hydrogens is 270 g/mol. The van der Waals surface area contributed by atoms with Crippen molar-refractivity contribution in [2.24, 2.45) is 0 Å². The van der Waals surface area contributed by atoms with Crippen LogP contribution in [0.1, 0.15) is 6.92 Å². The van der Waals surface area contributed by atoms with E-state index < -0.39 is 22.5 Å². The van der Waals surface area contributed by atoms with Crippen LogP contribution >= 0.6 is 0 Å². The van der Waals surface area contributed by atoms with Gasteiger partial charge in [-0.05, 0) is 19.1 Å². The molecule has 0 spiro atoms. The summed E-state index contributed by atoms with van der Waals surface area (Å²) in [6.45, 7) is 0.578. The Morgan fingerprint density at radius 2 is 2.00 bits per heavy atom. The van der Waals surface area contributed by atoms with Gasteiger partial charge in [-0.25, -0.2) is 8.42 Å². The molecule has 0 aromatic heterocycles. The highest BCUT2D eigenvalue weighted by Crippen LogP contribution is 2.15. The number of aliphatic carboxylic acids is 1. The lowest BCUT2D eigenvalue weighted by molar-refractivity contribution is -0.147. The Bertz CT molecular complexity index is 586. The smallest absolute Gasteiger partial charge is 0.321 e.